The molecule has 1 nitrogen and oxygen atoms in total. The van der Waals surface area contributed by atoms with Crippen molar-refractivity contribution in [2.45, 2.75) is 19.8 Å². The van der Waals surface area contributed by atoms with Gasteiger partial charge in [0.05, 0.1) is 0 Å². The zero-order valence-corrected chi connectivity index (χ0v) is 21.8. The Bertz CT molecular complexity index is 140. The Labute approximate surface area is 159 Å². The number of nitrogens with zero attached hydrogens (tertiary/aromatic N) is 1. The molecule has 0 aromatic heterocycles. The summed E-state index contributed by atoms with van der Waals surface area (Å²) in [5.74, 6) is 0. The van der Waals surface area contributed by atoms with Crippen LogP contribution in [0, 0.1) is 0 Å². The summed E-state index contributed by atoms with van der Waals surface area (Å²) in [7, 11) is 0. The second-order valence-corrected chi connectivity index (χ2v) is 71.1. The molecule has 0 atom stereocenters. The molecule has 0 aromatic rings. The van der Waals surface area contributed by atoms with Crippen molar-refractivity contribution in [3.63, 3.8) is 0 Å². The Balaban J connectivity index is 4.39. The van der Waals surface area contributed by atoms with Gasteiger partial charge in [-0.2, -0.15) is 0 Å². The van der Waals surface area contributed by atoms with Crippen molar-refractivity contribution in [3.05, 3.63) is 0 Å². The molecule has 0 N–H and O–H groups in total. The third-order valence-corrected chi connectivity index (χ3v) is 23.7. The highest BCUT2D eigenvalue weighted by Crippen LogP contribution is 2.44. The van der Waals surface area contributed by atoms with Crippen molar-refractivity contribution < 1.29 is 0 Å². The van der Waals surface area contributed by atoms with E-state index < -0.39 is 1.45 Å². The molecule has 80 valence electrons. The Hall–Kier alpha value is 4.77. The Morgan fingerprint density at radius 2 is 1.31 bits per heavy atom. The summed E-state index contributed by atoms with van der Waals surface area (Å²) in [4.78, 5) is 0. The van der Waals surface area contributed by atoms with Gasteiger partial charge in [-0.1, -0.05) is 144 Å². The van der Waals surface area contributed by atoms with Gasteiger partial charge in [-0.3, -0.25) is 4.23 Å². The molecule has 0 spiro atoms. The van der Waals surface area contributed by atoms with Gasteiger partial charge >= 0.3 is 1.45 Å². The number of hydrogen-bond acceptors (Lipinski definition) is 1. The maximum absolute atomic E-state index is 2.78. The SMILES string of the molecule is CCCCN([Si](I)(I)I)[Si](I)(I)I. The maximum Gasteiger partial charge on any atom is 0.324 e. The van der Waals surface area contributed by atoms with Gasteiger partial charge in [0.25, 0.3) is 0 Å². The molecule has 0 heterocycles. The molecule has 0 rings (SSSR count). The van der Waals surface area contributed by atoms with Crippen molar-refractivity contribution in [1.82, 2.24) is 4.23 Å². The Morgan fingerprint density at radius 1 is 0.923 bits per heavy atom. The molecule has 0 aliphatic heterocycles. The minimum Gasteiger partial charge on any atom is -0.298 e. The highest BCUT2D eigenvalue weighted by Gasteiger charge is 2.43. The molecule has 0 amide bonds. The molecular formula is C4H9I6NSi2. The van der Waals surface area contributed by atoms with Crippen LogP contribution in [0.25, 0.3) is 0 Å². The molecule has 0 aromatic carbocycles. The van der Waals surface area contributed by atoms with Crippen LogP contribution < -0.4 is 0 Å². The standard InChI is InChI=1S/C4H9I6NSi2/c1-2-3-4-11(12(5,6)7)13(8,9)10/h2-4H2,1H3. The number of hydrogen-bond donors (Lipinski definition) is 0. The van der Waals surface area contributed by atoms with Crippen molar-refractivity contribution >= 4 is 132 Å². The highest BCUT2D eigenvalue weighted by molar-refractivity contribution is 14.4. The average molecular weight is 889 g/mol. The van der Waals surface area contributed by atoms with Gasteiger partial charge in [-0.15, -0.1) is 0 Å². The van der Waals surface area contributed by atoms with Gasteiger partial charge in [0.1, 0.15) is 0 Å². The molecule has 0 saturated carbocycles. The van der Waals surface area contributed by atoms with Crippen LogP contribution in [-0.4, -0.2) is 12.2 Å². The first kappa shape index (κ1) is 17.8. The number of rotatable bonds is 5. The van der Waals surface area contributed by atoms with Crippen LogP contribution in [0.2, 0.25) is 0 Å². The molecule has 0 aliphatic rings. The van der Waals surface area contributed by atoms with Gasteiger partial charge in [-0.05, 0) is 13.0 Å². The number of halogens is 6. The molecular weight excluding hydrogens is 880 g/mol. The van der Waals surface area contributed by atoms with Gasteiger partial charge in [0.2, 0.25) is 0 Å². The third kappa shape index (κ3) is 8.48. The van der Waals surface area contributed by atoms with E-state index in [0.29, 0.717) is 0 Å². The van der Waals surface area contributed by atoms with Gasteiger partial charge < -0.3 is 0 Å². The van der Waals surface area contributed by atoms with E-state index in [2.05, 4.69) is 142 Å². The minimum absolute atomic E-state index is 1.18. The van der Waals surface area contributed by atoms with Crippen LogP contribution in [0.3, 0.4) is 0 Å². The van der Waals surface area contributed by atoms with E-state index in [1.165, 1.54) is 19.4 Å². The quantitative estimate of drug-likeness (QED) is 0.199. The van der Waals surface area contributed by atoms with E-state index >= 15 is 0 Å². The second kappa shape index (κ2) is 8.05. The van der Waals surface area contributed by atoms with Crippen LogP contribution in [0.4, 0.5) is 0 Å². The van der Waals surface area contributed by atoms with E-state index in [1.54, 1.807) is 0 Å². The Morgan fingerprint density at radius 3 is 1.54 bits per heavy atom. The van der Waals surface area contributed by atoms with Gasteiger partial charge in [-0.25, -0.2) is 0 Å². The fourth-order valence-electron chi connectivity index (χ4n) is 0.714. The highest BCUT2D eigenvalue weighted by atomic mass is 127. The molecule has 0 bridgehead atoms. The normalized spacial score (nSPS) is 13.8. The zero-order valence-electron chi connectivity index (χ0n) is 6.84. The smallest absolute Gasteiger partial charge is 0.298 e. The first-order valence-electron chi connectivity index (χ1n) is 3.60. The monoisotopic (exact) mass is 888 g/mol. The molecule has 0 fully saturated rings. The lowest BCUT2D eigenvalue weighted by Gasteiger charge is -2.34. The molecule has 0 saturated heterocycles. The van der Waals surface area contributed by atoms with Crippen LogP contribution in [-0.2, 0) is 0 Å². The lowest BCUT2D eigenvalue weighted by molar-refractivity contribution is 0.627. The van der Waals surface area contributed by atoms with E-state index in [-0.39, 0.29) is 0 Å². The van der Waals surface area contributed by atoms with E-state index in [9.17, 15) is 0 Å². The minimum atomic E-state index is -1.18. The zero-order chi connectivity index (χ0) is 10.7. The van der Waals surface area contributed by atoms with Crippen molar-refractivity contribution in [2.24, 2.45) is 0 Å². The largest absolute Gasteiger partial charge is 0.324 e. The van der Waals surface area contributed by atoms with Crippen LogP contribution in [0.15, 0.2) is 0 Å². The van der Waals surface area contributed by atoms with E-state index in [0.717, 1.165) is 0 Å². The van der Waals surface area contributed by atoms with Gasteiger partial charge in [0.15, 0.2) is 0 Å². The van der Waals surface area contributed by atoms with Crippen molar-refractivity contribution in [1.29, 1.82) is 0 Å². The molecule has 9 heteroatoms. The lowest BCUT2D eigenvalue weighted by Crippen LogP contribution is -2.49. The average Bonchev–Trinajstić information content (AvgIpc) is 1.81. The summed E-state index contributed by atoms with van der Waals surface area (Å²) in [5.41, 5.74) is 0. The van der Waals surface area contributed by atoms with Crippen LogP contribution >= 0.6 is 131 Å². The summed E-state index contributed by atoms with van der Waals surface area (Å²) in [6, 6.07) is 0. The Kier molecular flexibility index (Phi) is 11.0. The predicted octanol–water partition coefficient (Wildman–Crippen LogP) is 5.57. The molecule has 13 heavy (non-hydrogen) atoms. The van der Waals surface area contributed by atoms with Crippen LogP contribution in [0.5, 0.6) is 0 Å². The second-order valence-electron chi connectivity index (χ2n) is 2.44. The fourth-order valence-corrected chi connectivity index (χ4v) is 64.0. The summed E-state index contributed by atoms with van der Waals surface area (Å²) in [6.07, 6.45) is 2.65. The number of unbranched alkanes of at least 4 members (excludes halogenated alkanes) is 1. The molecule has 0 radical (unpaired) electrons. The lowest BCUT2D eigenvalue weighted by atomic mass is 10.3. The predicted molar refractivity (Wildman–Crippen MR) is 117 cm³/mol. The van der Waals surface area contributed by atoms with Crippen LogP contribution in [0.1, 0.15) is 19.8 Å². The summed E-state index contributed by atoms with van der Waals surface area (Å²) in [6.45, 7) is 3.56. The topological polar surface area (TPSA) is 3.24 Å². The fraction of sp³-hybridized carbons (Fsp3) is 1.00. The van der Waals surface area contributed by atoms with Crippen molar-refractivity contribution in [2.75, 3.05) is 6.54 Å². The summed E-state index contributed by atoms with van der Waals surface area (Å²) >= 11 is 16.0. The molecule has 0 aliphatic carbocycles. The first-order chi connectivity index (χ1) is 5.69. The summed E-state index contributed by atoms with van der Waals surface area (Å²) in [5, 5.41) is 0. The summed E-state index contributed by atoms with van der Waals surface area (Å²) < 4.78 is 0.431. The first-order valence-corrected chi connectivity index (χ1v) is 26.2. The maximum atomic E-state index is 2.78. The third-order valence-electron chi connectivity index (χ3n) is 1.35. The molecule has 0 unspecified atom stereocenters. The van der Waals surface area contributed by atoms with Gasteiger partial charge in [0, 0.05) is 0 Å². The van der Waals surface area contributed by atoms with E-state index in [4.69, 9.17) is 0 Å². The van der Waals surface area contributed by atoms with Crippen molar-refractivity contribution in [3.8, 4) is 0 Å². The van der Waals surface area contributed by atoms with E-state index in [1.807, 2.05) is 0 Å².